The molecular formula is C17H13FN2O3. The van der Waals surface area contributed by atoms with Crippen LogP contribution in [0, 0.1) is 5.82 Å². The largest absolute Gasteiger partial charge is 0.496 e. The number of anilines is 1. The zero-order chi connectivity index (χ0) is 16.6. The van der Waals surface area contributed by atoms with E-state index in [1.54, 1.807) is 18.3 Å². The van der Waals surface area contributed by atoms with Crippen molar-refractivity contribution in [3.63, 3.8) is 0 Å². The van der Waals surface area contributed by atoms with Crippen molar-refractivity contribution in [2.75, 3.05) is 12.8 Å². The van der Waals surface area contributed by atoms with Gasteiger partial charge in [-0.15, -0.1) is 0 Å². The number of fused-ring (bicyclic) bond motifs is 1. The second-order valence-electron chi connectivity index (χ2n) is 4.93. The maximum atomic E-state index is 13.7. The van der Waals surface area contributed by atoms with Gasteiger partial charge in [-0.05, 0) is 36.4 Å². The third kappa shape index (κ3) is 2.44. The van der Waals surface area contributed by atoms with Crippen molar-refractivity contribution in [1.29, 1.82) is 0 Å². The molecule has 116 valence electrons. The summed E-state index contributed by atoms with van der Waals surface area (Å²) < 4.78 is 19.0. The lowest BCUT2D eigenvalue weighted by molar-refractivity contribution is 0.0698. The third-order valence-electron chi connectivity index (χ3n) is 3.61. The van der Waals surface area contributed by atoms with Crippen LogP contribution in [0.3, 0.4) is 0 Å². The van der Waals surface area contributed by atoms with Crippen LogP contribution in [0.15, 0.2) is 42.6 Å². The number of methoxy groups -OCH3 is 1. The zero-order valence-electron chi connectivity index (χ0n) is 12.2. The molecule has 1 aromatic heterocycles. The number of nitrogen functional groups attached to an aromatic ring is 1. The number of nitrogens with zero attached hydrogens (tertiary/aromatic N) is 1. The predicted octanol–water partition coefficient (Wildman–Crippen LogP) is 3.33. The molecule has 0 saturated heterocycles. The molecular weight excluding hydrogens is 299 g/mol. The van der Waals surface area contributed by atoms with Crippen molar-refractivity contribution in [3.8, 4) is 16.9 Å². The lowest BCUT2D eigenvalue weighted by Gasteiger charge is -2.14. The van der Waals surface area contributed by atoms with Gasteiger partial charge >= 0.3 is 5.97 Å². The first-order valence-electron chi connectivity index (χ1n) is 6.77. The Morgan fingerprint density at radius 2 is 2.04 bits per heavy atom. The molecule has 0 spiro atoms. The Hall–Kier alpha value is -3.15. The van der Waals surface area contributed by atoms with Crippen molar-refractivity contribution >= 4 is 22.6 Å². The van der Waals surface area contributed by atoms with Gasteiger partial charge in [0.1, 0.15) is 11.6 Å². The van der Waals surface area contributed by atoms with Crippen molar-refractivity contribution in [2.45, 2.75) is 0 Å². The van der Waals surface area contributed by atoms with Gasteiger partial charge < -0.3 is 15.6 Å². The molecule has 3 aromatic rings. The van der Waals surface area contributed by atoms with E-state index in [9.17, 15) is 14.3 Å². The highest BCUT2D eigenvalue weighted by Gasteiger charge is 2.19. The Kier molecular flexibility index (Phi) is 3.57. The molecule has 6 heteroatoms. The van der Waals surface area contributed by atoms with E-state index in [0.717, 1.165) is 0 Å². The highest BCUT2D eigenvalue weighted by molar-refractivity contribution is 6.09. The van der Waals surface area contributed by atoms with E-state index in [4.69, 9.17) is 10.5 Å². The van der Waals surface area contributed by atoms with Crippen LogP contribution in [-0.2, 0) is 0 Å². The Labute approximate surface area is 131 Å². The molecule has 0 saturated carbocycles. The Morgan fingerprint density at radius 3 is 2.74 bits per heavy atom. The zero-order valence-corrected chi connectivity index (χ0v) is 12.2. The summed E-state index contributed by atoms with van der Waals surface area (Å²) in [6.45, 7) is 0. The summed E-state index contributed by atoms with van der Waals surface area (Å²) in [7, 11) is 1.46. The number of rotatable bonds is 3. The summed E-state index contributed by atoms with van der Waals surface area (Å²) in [6.07, 6.45) is 1.57. The highest BCUT2D eigenvalue weighted by Crippen LogP contribution is 2.38. The number of aromatic carboxylic acids is 1. The molecule has 0 atom stereocenters. The summed E-state index contributed by atoms with van der Waals surface area (Å²) in [4.78, 5) is 15.7. The molecule has 0 amide bonds. The van der Waals surface area contributed by atoms with Crippen molar-refractivity contribution in [3.05, 3.63) is 54.0 Å². The van der Waals surface area contributed by atoms with E-state index in [1.807, 2.05) is 0 Å². The van der Waals surface area contributed by atoms with Crippen LogP contribution in [-0.4, -0.2) is 23.2 Å². The average molecular weight is 312 g/mol. The van der Waals surface area contributed by atoms with E-state index in [0.29, 0.717) is 27.8 Å². The average Bonchev–Trinajstić information content (AvgIpc) is 2.55. The number of benzene rings is 2. The number of ether oxygens (including phenoxy) is 1. The third-order valence-corrected chi connectivity index (χ3v) is 3.61. The standard InChI is InChI=1S/C17H13FN2O3/c1-23-14-5-4-9(18)7-11(14)12-8-13(17(21)22)15(19)10-3-2-6-20-16(10)12/h2-8H,19H2,1H3,(H,21,22). The molecule has 0 aliphatic heterocycles. The minimum absolute atomic E-state index is 0.0631. The van der Waals surface area contributed by atoms with Crippen molar-refractivity contribution in [1.82, 2.24) is 4.98 Å². The fraction of sp³-hybridized carbons (Fsp3) is 0.0588. The molecule has 5 nitrogen and oxygen atoms in total. The smallest absolute Gasteiger partial charge is 0.337 e. The van der Waals surface area contributed by atoms with Gasteiger partial charge in [-0.1, -0.05) is 0 Å². The number of carboxylic acids is 1. The first-order chi connectivity index (χ1) is 11.0. The Balaban J connectivity index is 2.44. The second-order valence-corrected chi connectivity index (χ2v) is 4.93. The Bertz CT molecular complexity index is 925. The lowest BCUT2D eigenvalue weighted by Crippen LogP contribution is -2.05. The summed E-state index contributed by atoms with van der Waals surface area (Å²) in [5.74, 6) is -1.21. The summed E-state index contributed by atoms with van der Waals surface area (Å²) >= 11 is 0. The molecule has 2 aromatic carbocycles. The van der Waals surface area contributed by atoms with E-state index in [1.165, 1.54) is 31.4 Å². The lowest BCUT2D eigenvalue weighted by atomic mass is 9.96. The summed E-state index contributed by atoms with van der Waals surface area (Å²) in [5, 5.41) is 9.87. The van der Waals surface area contributed by atoms with Gasteiger partial charge in [0, 0.05) is 22.7 Å². The van der Waals surface area contributed by atoms with E-state index < -0.39 is 11.8 Å². The fourth-order valence-corrected chi connectivity index (χ4v) is 2.55. The number of carboxylic acid groups (broad SMARTS) is 1. The summed E-state index contributed by atoms with van der Waals surface area (Å²) in [5.41, 5.74) is 7.35. The number of hydrogen-bond acceptors (Lipinski definition) is 4. The van der Waals surface area contributed by atoms with E-state index >= 15 is 0 Å². The van der Waals surface area contributed by atoms with Gasteiger partial charge in [0.05, 0.1) is 23.9 Å². The van der Waals surface area contributed by atoms with Gasteiger partial charge in [-0.3, -0.25) is 4.98 Å². The molecule has 0 aliphatic carbocycles. The second kappa shape index (κ2) is 5.57. The first kappa shape index (κ1) is 14.8. The number of hydrogen-bond donors (Lipinski definition) is 2. The highest BCUT2D eigenvalue weighted by atomic mass is 19.1. The number of pyridine rings is 1. The van der Waals surface area contributed by atoms with Crippen LogP contribution >= 0.6 is 0 Å². The van der Waals surface area contributed by atoms with Crippen LogP contribution < -0.4 is 10.5 Å². The molecule has 0 radical (unpaired) electrons. The first-order valence-corrected chi connectivity index (χ1v) is 6.77. The molecule has 1 heterocycles. The number of nitrogens with two attached hydrogens (primary N) is 1. The monoisotopic (exact) mass is 312 g/mol. The minimum atomic E-state index is -1.16. The van der Waals surface area contributed by atoms with Gasteiger partial charge in [-0.25, -0.2) is 9.18 Å². The van der Waals surface area contributed by atoms with Gasteiger partial charge in [0.2, 0.25) is 0 Å². The number of halogens is 1. The molecule has 3 rings (SSSR count). The van der Waals surface area contributed by atoms with Crippen LogP contribution in [0.4, 0.5) is 10.1 Å². The maximum absolute atomic E-state index is 13.7. The van der Waals surface area contributed by atoms with Crippen LogP contribution in [0.2, 0.25) is 0 Å². The predicted molar refractivity (Wildman–Crippen MR) is 85.1 cm³/mol. The molecule has 0 aliphatic rings. The fourth-order valence-electron chi connectivity index (χ4n) is 2.55. The molecule has 3 N–H and O–H groups in total. The molecule has 0 fully saturated rings. The van der Waals surface area contributed by atoms with Gasteiger partial charge in [0.25, 0.3) is 0 Å². The van der Waals surface area contributed by atoms with Crippen molar-refractivity contribution < 1.29 is 19.0 Å². The minimum Gasteiger partial charge on any atom is -0.496 e. The van der Waals surface area contributed by atoms with Crippen LogP contribution in [0.1, 0.15) is 10.4 Å². The summed E-state index contributed by atoms with van der Waals surface area (Å²) in [6, 6.07) is 8.77. The van der Waals surface area contributed by atoms with Gasteiger partial charge in [-0.2, -0.15) is 0 Å². The van der Waals surface area contributed by atoms with Gasteiger partial charge in [0.15, 0.2) is 0 Å². The number of aromatic nitrogens is 1. The molecule has 23 heavy (non-hydrogen) atoms. The van der Waals surface area contributed by atoms with E-state index in [2.05, 4.69) is 4.98 Å². The Morgan fingerprint density at radius 1 is 1.26 bits per heavy atom. The quantitative estimate of drug-likeness (QED) is 0.725. The normalized spacial score (nSPS) is 10.7. The van der Waals surface area contributed by atoms with Crippen LogP contribution in [0.5, 0.6) is 5.75 Å². The van der Waals surface area contributed by atoms with E-state index in [-0.39, 0.29) is 11.3 Å². The van der Waals surface area contributed by atoms with Crippen molar-refractivity contribution in [2.24, 2.45) is 0 Å². The SMILES string of the molecule is COc1ccc(F)cc1-c1cc(C(=O)O)c(N)c2cccnc12. The van der Waals surface area contributed by atoms with Crippen LogP contribution in [0.25, 0.3) is 22.0 Å². The molecule has 0 unspecified atom stereocenters. The maximum Gasteiger partial charge on any atom is 0.337 e. The number of carbonyl (C=O) groups is 1. The molecule has 0 bridgehead atoms. The topological polar surface area (TPSA) is 85.4 Å².